The minimum absolute atomic E-state index is 0.203. The second-order valence-electron chi connectivity index (χ2n) is 3.24. The van der Waals surface area contributed by atoms with Crippen LogP contribution in [-0.2, 0) is 0 Å². The highest BCUT2D eigenvalue weighted by Gasteiger charge is 2.06. The molecule has 0 aromatic heterocycles. The van der Waals surface area contributed by atoms with E-state index in [1.165, 1.54) is 5.56 Å². The number of hydrogen-bond donors (Lipinski definition) is 1. The van der Waals surface area contributed by atoms with Crippen molar-refractivity contribution in [1.29, 1.82) is 0 Å². The maximum absolute atomic E-state index is 9.36. The predicted octanol–water partition coefficient (Wildman–Crippen LogP) is 2.91. The Morgan fingerprint density at radius 1 is 1.46 bits per heavy atom. The Balaban J connectivity index is 2.99. The van der Waals surface area contributed by atoms with Crippen LogP contribution in [-0.4, -0.2) is 12.2 Å². The quantitative estimate of drug-likeness (QED) is 0.775. The van der Waals surface area contributed by atoms with E-state index in [0.29, 0.717) is 11.7 Å². The maximum Gasteiger partial charge on any atom is 0.160 e. The average Bonchev–Trinajstić information content (AvgIpc) is 2.17. The highest BCUT2D eigenvalue weighted by atomic mass is 16.5. The van der Waals surface area contributed by atoms with Gasteiger partial charge in [0.2, 0.25) is 0 Å². The molecule has 0 aliphatic carbocycles. The van der Waals surface area contributed by atoms with E-state index in [-0.39, 0.29) is 5.75 Å². The summed E-state index contributed by atoms with van der Waals surface area (Å²) in [6.07, 6.45) is 1.09. The molecule has 0 fully saturated rings. The molecule has 72 valence electrons. The van der Waals surface area contributed by atoms with Gasteiger partial charge in [0.25, 0.3) is 0 Å². The van der Waals surface area contributed by atoms with Crippen LogP contribution in [0.1, 0.15) is 31.7 Å². The van der Waals surface area contributed by atoms with Crippen LogP contribution in [0.5, 0.6) is 11.5 Å². The minimum atomic E-state index is 0.203. The zero-order chi connectivity index (χ0) is 9.84. The van der Waals surface area contributed by atoms with Crippen molar-refractivity contribution in [2.75, 3.05) is 7.11 Å². The summed E-state index contributed by atoms with van der Waals surface area (Å²) in [5.74, 6) is 1.27. The van der Waals surface area contributed by atoms with E-state index in [0.717, 1.165) is 6.42 Å². The Kier molecular flexibility index (Phi) is 3.18. The molecule has 0 saturated carbocycles. The summed E-state index contributed by atoms with van der Waals surface area (Å²) >= 11 is 0. The summed E-state index contributed by atoms with van der Waals surface area (Å²) in [6.45, 7) is 4.30. The van der Waals surface area contributed by atoms with E-state index in [1.54, 1.807) is 13.2 Å². The molecule has 13 heavy (non-hydrogen) atoms. The van der Waals surface area contributed by atoms with Gasteiger partial charge in [-0.1, -0.05) is 19.9 Å². The van der Waals surface area contributed by atoms with Crippen molar-refractivity contribution >= 4 is 0 Å². The van der Waals surface area contributed by atoms with E-state index < -0.39 is 0 Å². The van der Waals surface area contributed by atoms with Crippen LogP contribution in [0, 0.1) is 0 Å². The average molecular weight is 180 g/mol. The summed E-state index contributed by atoms with van der Waals surface area (Å²) in [7, 11) is 1.56. The van der Waals surface area contributed by atoms with Crippen molar-refractivity contribution in [3.05, 3.63) is 23.8 Å². The Morgan fingerprint density at radius 2 is 2.15 bits per heavy atom. The number of phenols is 1. The van der Waals surface area contributed by atoms with E-state index >= 15 is 0 Å². The Hall–Kier alpha value is -1.18. The minimum Gasteiger partial charge on any atom is -0.504 e. The fraction of sp³-hybridized carbons (Fsp3) is 0.455. The lowest BCUT2D eigenvalue weighted by molar-refractivity contribution is 0.372. The van der Waals surface area contributed by atoms with Crippen LogP contribution in [0.25, 0.3) is 0 Å². The highest BCUT2D eigenvalue weighted by Crippen LogP contribution is 2.30. The van der Waals surface area contributed by atoms with E-state index in [1.807, 2.05) is 12.1 Å². The van der Waals surface area contributed by atoms with Crippen LogP contribution in [0.3, 0.4) is 0 Å². The third-order valence-corrected chi connectivity index (χ3v) is 2.39. The molecule has 1 atom stereocenters. The number of methoxy groups -OCH3 is 1. The fourth-order valence-corrected chi connectivity index (χ4v) is 1.24. The fourth-order valence-electron chi connectivity index (χ4n) is 1.24. The third-order valence-electron chi connectivity index (χ3n) is 2.39. The van der Waals surface area contributed by atoms with Crippen LogP contribution >= 0.6 is 0 Å². The molecule has 0 bridgehead atoms. The van der Waals surface area contributed by atoms with Crippen molar-refractivity contribution in [2.24, 2.45) is 0 Å². The predicted molar refractivity (Wildman–Crippen MR) is 53.4 cm³/mol. The van der Waals surface area contributed by atoms with Crippen LogP contribution < -0.4 is 4.74 Å². The van der Waals surface area contributed by atoms with Crippen molar-refractivity contribution in [2.45, 2.75) is 26.2 Å². The van der Waals surface area contributed by atoms with Crippen molar-refractivity contribution < 1.29 is 9.84 Å². The van der Waals surface area contributed by atoms with Gasteiger partial charge in [-0.05, 0) is 30.0 Å². The molecule has 1 unspecified atom stereocenters. The topological polar surface area (TPSA) is 29.5 Å². The molecule has 1 rings (SSSR count). The first kappa shape index (κ1) is 9.90. The van der Waals surface area contributed by atoms with Gasteiger partial charge in [-0.3, -0.25) is 0 Å². The molecule has 0 aliphatic rings. The van der Waals surface area contributed by atoms with E-state index in [4.69, 9.17) is 4.74 Å². The first-order chi connectivity index (χ1) is 6.19. The summed E-state index contributed by atoms with van der Waals surface area (Å²) < 4.78 is 5.03. The number of rotatable bonds is 3. The van der Waals surface area contributed by atoms with Gasteiger partial charge in [-0.15, -0.1) is 0 Å². The number of aromatic hydroxyl groups is 1. The van der Waals surface area contributed by atoms with Gasteiger partial charge in [0.1, 0.15) is 0 Å². The molecule has 0 radical (unpaired) electrons. The number of phenolic OH excluding ortho intramolecular Hbond substituents is 1. The number of hydrogen-bond acceptors (Lipinski definition) is 2. The SMILES string of the molecule is CCC(C)c1ccc(O)c(OC)c1. The van der Waals surface area contributed by atoms with Crippen LogP contribution in [0.2, 0.25) is 0 Å². The molecular formula is C11H16O2. The molecule has 0 heterocycles. The summed E-state index contributed by atoms with van der Waals surface area (Å²) in [6, 6.07) is 5.51. The zero-order valence-electron chi connectivity index (χ0n) is 8.37. The second-order valence-corrected chi connectivity index (χ2v) is 3.24. The van der Waals surface area contributed by atoms with Crippen molar-refractivity contribution in [1.82, 2.24) is 0 Å². The van der Waals surface area contributed by atoms with E-state index in [2.05, 4.69) is 13.8 Å². The number of benzene rings is 1. The van der Waals surface area contributed by atoms with Gasteiger partial charge < -0.3 is 9.84 Å². The van der Waals surface area contributed by atoms with Gasteiger partial charge in [0, 0.05) is 0 Å². The van der Waals surface area contributed by atoms with Crippen LogP contribution in [0.15, 0.2) is 18.2 Å². The molecule has 0 amide bonds. The monoisotopic (exact) mass is 180 g/mol. The van der Waals surface area contributed by atoms with Crippen molar-refractivity contribution in [3.63, 3.8) is 0 Å². The lowest BCUT2D eigenvalue weighted by Gasteiger charge is -2.11. The molecular weight excluding hydrogens is 164 g/mol. The zero-order valence-corrected chi connectivity index (χ0v) is 8.37. The van der Waals surface area contributed by atoms with Gasteiger partial charge in [-0.2, -0.15) is 0 Å². The van der Waals surface area contributed by atoms with Gasteiger partial charge >= 0.3 is 0 Å². The third kappa shape index (κ3) is 2.14. The van der Waals surface area contributed by atoms with E-state index in [9.17, 15) is 5.11 Å². The van der Waals surface area contributed by atoms with Gasteiger partial charge in [0.05, 0.1) is 7.11 Å². The first-order valence-corrected chi connectivity index (χ1v) is 4.56. The molecule has 1 aromatic carbocycles. The lowest BCUT2D eigenvalue weighted by Crippen LogP contribution is -1.92. The number of ether oxygens (including phenoxy) is 1. The Labute approximate surface area is 79.2 Å². The smallest absolute Gasteiger partial charge is 0.160 e. The van der Waals surface area contributed by atoms with Crippen LogP contribution in [0.4, 0.5) is 0 Å². The summed E-state index contributed by atoms with van der Waals surface area (Å²) in [5.41, 5.74) is 1.21. The molecule has 0 saturated heterocycles. The van der Waals surface area contributed by atoms with Gasteiger partial charge in [-0.25, -0.2) is 0 Å². The maximum atomic E-state index is 9.36. The molecule has 2 nitrogen and oxygen atoms in total. The molecule has 0 aliphatic heterocycles. The molecule has 0 spiro atoms. The lowest BCUT2D eigenvalue weighted by atomic mass is 9.98. The Bertz CT molecular complexity index is 281. The van der Waals surface area contributed by atoms with Crippen molar-refractivity contribution in [3.8, 4) is 11.5 Å². The molecule has 1 aromatic rings. The standard InChI is InChI=1S/C11H16O2/c1-4-8(2)9-5-6-10(12)11(7-9)13-3/h5-8,12H,4H2,1-3H3. The summed E-state index contributed by atoms with van der Waals surface area (Å²) in [5, 5.41) is 9.36. The van der Waals surface area contributed by atoms with Gasteiger partial charge in [0.15, 0.2) is 11.5 Å². The largest absolute Gasteiger partial charge is 0.504 e. The second kappa shape index (κ2) is 4.17. The first-order valence-electron chi connectivity index (χ1n) is 4.56. The highest BCUT2D eigenvalue weighted by molar-refractivity contribution is 5.42. The molecule has 2 heteroatoms. The Morgan fingerprint density at radius 3 is 2.69 bits per heavy atom. The summed E-state index contributed by atoms with van der Waals surface area (Å²) in [4.78, 5) is 0. The normalized spacial score (nSPS) is 12.5. The molecule has 1 N–H and O–H groups in total.